The molecule has 0 radical (unpaired) electrons. The number of aromatic nitrogens is 4. The van der Waals surface area contributed by atoms with E-state index in [1.165, 1.54) is 6.20 Å². The zero-order valence-corrected chi connectivity index (χ0v) is 20.5. The Balaban J connectivity index is 1.27. The summed E-state index contributed by atoms with van der Waals surface area (Å²) >= 11 is 5.97. The summed E-state index contributed by atoms with van der Waals surface area (Å²) < 4.78 is 11.7. The first-order valence-corrected chi connectivity index (χ1v) is 11.6. The van der Waals surface area contributed by atoms with Crippen LogP contribution in [0.1, 0.15) is 12.8 Å². The minimum absolute atomic E-state index is 0.207. The molecule has 4 aromatic rings. The highest BCUT2D eigenvalue weighted by Gasteiger charge is 2.32. The van der Waals surface area contributed by atoms with Gasteiger partial charge < -0.3 is 25.0 Å². The summed E-state index contributed by atoms with van der Waals surface area (Å²) in [6, 6.07) is 13.7. The number of ether oxygens (including phenoxy) is 2. The quantitative estimate of drug-likeness (QED) is 0.351. The van der Waals surface area contributed by atoms with Crippen LogP contribution in [0, 0.1) is 0 Å². The third-order valence-corrected chi connectivity index (χ3v) is 6.14. The van der Waals surface area contributed by atoms with Crippen molar-refractivity contribution >= 4 is 45.8 Å². The molecule has 0 amide bonds. The first kappa shape index (κ1) is 23.1. The van der Waals surface area contributed by atoms with Gasteiger partial charge in [-0.05, 0) is 63.3 Å². The van der Waals surface area contributed by atoms with Crippen LogP contribution in [-0.4, -0.2) is 58.2 Å². The summed E-state index contributed by atoms with van der Waals surface area (Å²) in [5.74, 6) is 2.47. The lowest BCUT2D eigenvalue weighted by Crippen LogP contribution is -2.46. The third-order valence-electron chi connectivity index (χ3n) is 5.95. The highest BCUT2D eigenvalue weighted by molar-refractivity contribution is 6.29. The minimum atomic E-state index is 0.207. The largest absolute Gasteiger partial charge is 0.493 e. The first-order chi connectivity index (χ1) is 17.0. The molecule has 2 aromatic carbocycles. The summed E-state index contributed by atoms with van der Waals surface area (Å²) in [6.07, 6.45) is 5.45. The van der Waals surface area contributed by atoms with Crippen LogP contribution in [0.4, 0.5) is 23.1 Å². The molecule has 35 heavy (non-hydrogen) atoms. The predicted octanol–water partition coefficient (Wildman–Crippen LogP) is 5.04. The Labute approximate surface area is 208 Å². The Bertz CT molecular complexity index is 1340. The van der Waals surface area contributed by atoms with E-state index in [4.69, 9.17) is 21.1 Å². The highest BCUT2D eigenvalue weighted by Crippen LogP contribution is 2.36. The molecule has 1 fully saturated rings. The Morgan fingerprint density at radius 1 is 0.914 bits per heavy atom. The van der Waals surface area contributed by atoms with Crippen molar-refractivity contribution in [3.8, 4) is 11.5 Å². The molecule has 10 heteroatoms. The number of anilines is 4. The molecular formula is C25H26ClN7O2. The van der Waals surface area contributed by atoms with Gasteiger partial charge in [-0.1, -0.05) is 11.6 Å². The molecule has 1 saturated carbocycles. The summed E-state index contributed by atoms with van der Waals surface area (Å²) in [6.45, 7) is 0. The molecule has 0 bridgehead atoms. The fraction of sp³-hybridized carbons (Fsp3) is 0.280. The van der Waals surface area contributed by atoms with Gasteiger partial charge >= 0.3 is 0 Å². The van der Waals surface area contributed by atoms with Gasteiger partial charge in [0.05, 0.1) is 24.3 Å². The second kappa shape index (κ2) is 9.89. The number of fused-ring (bicyclic) bond motifs is 1. The van der Waals surface area contributed by atoms with Gasteiger partial charge in [0.1, 0.15) is 17.1 Å². The van der Waals surface area contributed by atoms with Crippen molar-refractivity contribution in [1.29, 1.82) is 0 Å². The van der Waals surface area contributed by atoms with Crippen molar-refractivity contribution in [2.75, 3.05) is 31.8 Å². The van der Waals surface area contributed by atoms with E-state index in [9.17, 15) is 0 Å². The van der Waals surface area contributed by atoms with Crippen molar-refractivity contribution in [3.05, 3.63) is 60.0 Å². The Kier molecular flexibility index (Phi) is 6.52. The van der Waals surface area contributed by atoms with Gasteiger partial charge in [-0.2, -0.15) is 4.98 Å². The van der Waals surface area contributed by atoms with Crippen molar-refractivity contribution < 1.29 is 9.47 Å². The van der Waals surface area contributed by atoms with Crippen LogP contribution in [0.5, 0.6) is 11.5 Å². The molecular weight excluding hydrogens is 466 g/mol. The zero-order chi connectivity index (χ0) is 24.4. The van der Waals surface area contributed by atoms with Crippen molar-refractivity contribution in [2.45, 2.75) is 25.0 Å². The normalized spacial score (nSPS) is 17.2. The van der Waals surface area contributed by atoms with Gasteiger partial charge in [0.2, 0.25) is 5.95 Å². The number of hydrogen-bond acceptors (Lipinski definition) is 9. The van der Waals surface area contributed by atoms with E-state index in [2.05, 4.69) is 49.6 Å². The number of methoxy groups -OCH3 is 1. The fourth-order valence-electron chi connectivity index (χ4n) is 3.91. The highest BCUT2D eigenvalue weighted by atomic mass is 35.5. The van der Waals surface area contributed by atoms with E-state index in [0.717, 1.165) is 35.5 Å². The van der Waals surface area contributed by atoms with E-state index < -0.39 is 0 Å². The van der Waals surface area contributed by atoms with Crippen molar-refractivity contribution in [3.63, 3.8) is 0 Å². The van der Waals surface area contributed by atoms with Gasteiger partial charge in [-0.3, -0.25) is 4.98 Å². The molecule has 0 spiro atoms. The average molecular weight is 492 g/mol. The molecule has 9 nitrogen and oxygen atoms in total. The van der Waals surface area contributed by atoms with Crippen molar-refractivity contribution in [1.82, 2.24) is 24.8 Å². The van der Waals surface area contributed by atoms with Crippen LogP contribution in [0.3, 0.4) is 0 Å². The molecule has 5 rings (SSSR count). The summed E-state index contributed by atoms with van der Waals surface area (Å²) in [4.78, 5) is 19.7. The van der Waals surface area contributed by atoms with Crippen LogP contribution in [-0.2, 0) is 0 Å². The van der Waals surface area contributed by atoms with Gasteiger partial charge in [0.15, 0.2) is 11.5 Å². The van der Waals surface area contributed by atoms with Crippen LogP contribution < -0.4 is 20.1 Å². The lowest BCUT2D eigenvalue weighted by molar-refractivity contribution is 0.0383. The molecule has 2 aromatic heterocycles. The van der Waals surface area contributed by atoms with E-state index in [1.54, 1.807) is 19.4 Å². The minimum Gasteiger partial charge on any atom is -0.493 e. The third kappa shape index (κ3) is 5.36. The zero-order valence-electron chi connectivity index (χ0n) is 19.7. The van der Waals surface area contributed by atoms with Gasteiger partial charge in [0, 0.05) is 29.7 Å². The molecule has 0 atom stereocenters. The standard InChI is InChI=1S/C25H26ClN7O2/c1-33(2)17-12-18(13-17)35-21-7-5-16(11-22(21)34-3)30-25-27-9-8-24(32-25)29-15-4-6-19-20(10-15)31-23(26)14-28-19/h4-11,14,17-18H,12-13H2,1-3H3,(H2,27,29,30,32). The fourth-order valence-corrected chi connectivity index (χ4v) is 4.05. The molecule has 1 aliphatic carbocycles. The lowest BCUT2D eigenvalue weighted by Gasteiger charge is -2.39. The molecule has 0 unspecified atom stereocenters. The average Bonchev–Trinajstić information content (AvgIpc) is 2.81. The number of halogens is 1. The number of hydrogen-bond donors (Lipinski definition) is 2. The summed E-state index contributed by atoms with van der Waals surface area (Å²) in [5.41, 5.74) is 3.07. The number of nitrogens with zero attached hydrogens (tertiary/aromatic N) is 5. The predicted molar refractivity (Wildman–Crippen MR) is 137 cm³/mol. The number of rotatable bonds is 8. The topological polar surface area (TPSA) is 97.3 Å². The molecule has 180 valence electrons. The molecule has 2 heterocycles. The second-order valence-electron chi connectivity index (χ2n) is 8.61. The van der Waals surface area contributed by atoms with Gasteiger partial charge in [-0.25, -0.2) is 9.97 Å². The first-order valence-electron chi connectivity index (χ1n) is 11.3. The van der Waals surface area contributed by atoms with Gasteiger partial charge in [-0.15, -0.1) is 0 Å². The number of benzene rings is 2. The second-order valence-corrected chi connectivity index (χ2v) is 8.99. The summed E-state index contributed by atoms with van der Waals surface area (Å²) in [7, 11) is 5.83. The SMILES string of the molecule is COc1cc(Nc2nccc(Nc3ccc4ncc(Cl)nc4c3)n2)ccc1OC1CC(N(C)C)C1. The maximum atomic E-state index is 6.14. The van der Waals surface area contributed by atoms with E-state index in [0.29, 0.717) is 34.2 Å². The van der Waals surface area contributed by atoms with E-state index >= 15 is 0 Å². The summed E-state index contributed by atoms with van der Waals surface area (Å²) in [5, 5.41) is 6.84. The van der Waals surface area contributed by atoms with E-state index in [-0.39, 0.29) is 6.10 Å². The Morgan fingerprint density at radius 2 is 1.71 bits per heavy atom. The van der Waals surface area contributed by atoms with Crippen LogP contribution >= 0.6 is 11.6 Å². The van der Waals surface area contributed by atoms with Gasteiger partial charge in [0.25, 0.3) is 0 Å². The van der Waals surface area contributed by atoms with Crippen LogP contribution in [0.25, 0.3) is 11.0 Å². The smallest absolute Gasteiger partial charge is 0.229 e. The van der Waals surface area contributed by atoms with E-state index in [1.807, 2.05) is 36.4 Å². The Morgan fingerprint density at radius 3 is 2.51 bits per heavy atom. The van der Waals surface area contributed by atoms with Crippen LogP contribution in [0.15, 0.2) is 54.9 Å². The molecule has 0 aliphatic heterocycles. The molecule has 1 aliphatic rings. The molecule has 0 saturated heterocycles. The maximum absolute atomic E-state index is 6.14. The Hall–Kier alpha value is -3.69. The van der Waals surface area contributed by atoms with Crippen molar-refractivity contribution in [2.24, 2.45) is 0 Å². The van der Waals surface area contributed by atoms with Crippen LogP contribution in [0.2, 0.25) is 5.15 Å². The molecule has 2 N–H and O–H groups in total. The monoisotopic (exact) mass is 491 g/mol. The number of nitrogens with one attached hydrogen (secondary N) is 2. The lowest BCUT2D eigenvalue weighted by atomic mass is 9.88. The maximum Gasteiger partial charge on any atom is 0.229 e.